The van der Waals surface area contributed by atoms with Gasteiger partial charge in [0.15, 0.2) is 0 Å². The fourth-order valence-electron chi connectivity index (χ4n) is 4.46. The topological polar surface area (TPSA) is 61.5 Å². The Morgan fingerprint density at radius 1 is 1.13 bits per heavy atom. The highest BCUT2D eigenvalue weighted by Gasteiger charge is 2.42. The van der Waals surface area contributed by atoms with E-state index in [-0.39, 0.29) is 11.9 Å². The lowest BCUT2D eigenvalue weighted by Gasteiger charge is -2.31. The van der Waals surface area contributed by atoms with Gasteiger partial charge in [0.1, 0.15) is 5.69 Å². The average Bonchev–Trinajstić information content (AvgIpc) is 3.32. The molecule has 2 aromatic carbocycles. The van der Waals surface area contributed by atoms with Gasteiger partial charge in [0.25, 0.3) is 5.91 Å². The normalized spacial score (nSPS) is 19.1. The van der Waals surface area contributed by atoms with Gasteiger partial charge in [0.2, 0.25) is 0 Å². The number of nitrogens with zero attached hydrogens (tertiary/aromatic N) is 3. The number of fused-ring (bicyclic) bond motifs is 1. The van der Waals surface area contributed by atoms with E-state index in [1.54, 1.807) is 0 Å². The minimum Gasteiger partial charge on any atom is -0.379 e. The largest absolute Gasteiger partial charge is 0.379 e. The van der Waals surface area contributed by atoms with Crippen LogP contribution in [0, 0.1) is 6.92 Å². The van der Waals surface area contributed by atoms with Crippen LogP contribution >= 0.6 is 15.9 Å². The number of halogens is 1. The Bertz CT molecular complexity index is 1090. The molecule has 1 atom stereocenters. The third-order valence-corrected chi connectivity index (χ3v) is 6.61. The quantitative estimate of drug-likeness (QED) is 0.598. The zero-order chi connectivity index (χ0) is 21.4. The number of hydrogen-bond acceptors (Lipinski definition) is 4. The summed E-state index contributed by atoms with van der Waals surface area (Å²) < 4.78 is 6.47. The van der Waals surface area contributed by atoms with Crippen molar-refractivity contribution in [1.29, 1.82) is 0 Å². The number of aromatic amines is 1. The van der Waals surface area contributed by atoms with Crippen molar-refractivity contribution in [3.8, 4) is 11.3 Å². The number of aromatic nitrogens is 2. The summed E-state index contributed by atoms with van der Waals surface area (Å²) in [5.41, 5.74) is 5.71. The molecule has 7 heteroatoms. The lowest BCUT2D eigenvalue weighted by atomic mass is 9.96. The number of nitrogens with one attached hydrogen (secondary N) is 1. The van der Waals surface area contributed by atoms with E-state index in [0.29, 0.717) is 12.2 Å². The van der Waals surface area contributed by atoms with Gasteiger partial charge in [-0.1, -0.05) is 57.9 Å². The maximum absolute atomic E-state index is 13.4. The molecule has 2 aliphatic heterocycles. The van der Waals surface area contributed by atoms with Crippen molar-refractivity contribution in [3.05, 3.63) is 75.4 Å². The SMILES string of the molecule is Cc1ccc(-c2n[nH]c3c2C(c2cccc(Br)c2)N(CCN2CCOCC2)C3=O)cc1. The van der Waals surface area contributed by atoms with Crippen LogP contribution in [0.3, 0.4) is 0 Å². The van der Waals surface area contributed by atoms with Crippen LogP contribution in [0.4, 0.5) is 0 Å². The van der Waals surface area contributed by atoms with Crippen LogP contribution in [0.1, 0.15) is 33.2 Å². The zero-order valence-electron chi connectivity index (χ0n) is 17.5. The predicted molar refractivity (Wildman–Crippen MR) is 123 cm³/mol. The van der Waals surface area contributed by atoms with Gasteiger partial charge in [-0.15, -0.1) is 0 Å². The molecular formula is C24H25BrN4O2. The van der Waals surface area contributed by atoms with E-state index in [0.717, 1.165) is 59.7 Å². The van der Waals surface area contributed by atoms with Crippen LogP contribution in [-0.2, 0) is 4.74 Å². The fourth-order valence-corrected chi connectivity index (χ4v) is 4.87. The molecule has 3 heterocycles. The molecule has 160 valence electrons. The van der Waals surface area contributed by atoms with Crippen molar-refractivity contribution in [2.24, 2.45) is 0 Å². The number of amides is 1. The maximum atomic E-state index is 13.4. The molecule has 6 nitrogen and oxygen atoms in total. The molecule has 31 heavy (non-hydrogen) atoms. The molecule has 2 aliphatic rings. The van der Waals surface area contributed by atoms with Crippen molar-refractivity contribution in [2.75, 3.05) is 39.4 Å². The summed E-state index contributed by atoms with van der Waals surface area (Å²) in [6, 6.07) is 16.4. The highest BCUT2D eigenvalue weighted by molar-refractivity contribution is 9.10. The molecule has 1 N–H and O–H groups in total. The summed E-state index contributed by atoms with van der Waals surface area (Å²) in [6.45, 7) is 6.88. The molecule has 5 rings (SSSR count). The summed E-state index contributed by atoms with van der Waals surface area (Å²) in [6.07, 6.45) is 0. The van der Waals surface area contributed by atoms with E-state index in [9.17, 15) is 4.79 Å². The minimum absolute atomic E-state index is 0.0131. The molecule has 1 fully saturated rings. The maximum Gasteiger partial charge on any atom is 0.273 e. The van der Waals surface area contributed by atoms with Crippen molar-refractivity contribution in [3.63, 3.8) is 0 Å². The number of rotatable bonds is 5. The fraction of sp³-hybridized carbons (Fsp3) is 0.333. The van der Waals surface area contributed by atoms with E-state index < -0.39 is 0 Å². The summed E-state index contributed by atoms with van der Waals surface area (Å²) in [5.74, 6) is 0.0131. The van der Waals surface area contributed by atoms with Gasteiger partial charge < -0.3 is 9.64 Å². The van der Waals surface area contributed by atoms with Gasteiger partial charge in [-0.2, -0.15) is 5.10 Å². The minimum atomic E-state index is -0.170. The highest BCUT2D eigenvalue weighted by Crippen LogP contribution is 2.43. The molecule has 0 spiro atoms. The van der Waals surface area contributed by atoms with E-state index in [1.165, 1.54) is 5.56 Å². The second-order valence-corrected chi connectivity index (χ2v) is 9.05. The lowest BCUT2D eigenvalue weighted by Crippen LogP contribution is -2.42. The molecule has 3 aromatic rings. The number of ether oxygens (including phenoxy) is 1. The second-order valence-electron chi connectivity index (χ2n) is 8.14. The molecular weight excluding hydrogens is 456 g/mol. The molecule has 1 unspecified atom stereocenters. The van der Waals surface area contributed by atoms with E-state index >= 15 is 0 Å². The molecule has 0 radical (unpaired) electrons. The number of aryl methyl sites for hydroxylation is 1. The first-order valence-corrected chi connectivity index (χ1v) is 11.4. The van der Waals surface area contributed by atoms with Crippen molar-refractivity contribution < 1.29 is 9.53 Å². The van der Waals surface area contributed by atoms with Crippen LogP contribution in [0.5, 0.6) is 0 Å². The monoisotopic (exact) mass is 480 g/mol. The number of H-pyrrole nitrogens is 1. The van der Waals surface area contributed by atoms with Gasteiger partial charge in [-0.25, -0.2) is 0 Å². The van der Waals surface area contributed by atoms with E-state index in [1.807, 2.05) is 17.0 Å². The van der Waals surface area contributed by atoms with Crippen LogP contribution < -0.4 is 0 Å². The van der Waals surface area contributed by atoms with Crippen LogP contribution in [-0.4, -0.2) is 65.3 Å². The van der Waals surface area contributed by atoms with Crippen molar-refractivity contribution >= 4 is 21.8 Å². The third-order valence-electron chi connectivity index (χ3n) is 6.11. The summed E-state index contributed by atoms with van der Waals surface area (Å²) in [4.78, 5) is 17.8. The Morgan fingerprint density at radius 3 is 2.65 bits per heavy atom. The summed E-state index contributed by atoms with van der Waals surface area (Å²) in [5, 5.41) is 7.60. The lowest BCUT2D eigenvalue weighted by molar-refractivity contribution is 0.0316. The van der Waals surface area contributed by atoms with Crippen molar-refractivity contribution in [1.82, 2.24) is 20.0 Å². The number of benzene rings is 2. The molecule has 0 bridgehead atoms. The van der Waals surface area contributed by atoms with E-state index in [4.69, 9.17) is 4.74 Å². The summed E-state index contributed by atoms with van der Waals surface area (Å²) >= 11 is 3.60. The first-order valence-electron chi connectivity index (χ1n) is 10.6. The molecule has 1 amide bonds. The summed E-state index contributed by atoms with van der Waals surface area (Å²) in [7, 11) is 0. The van der Waals surface area contributed by atoms with Crippen LogP contribution in [0.15, 0.2) is 53.0 Å². The van der Waals surface area contributed by atoms with Crippen LogP contribution in [0.25, 0.3) is 11.3 Å². The van der Waals surface area contributed by atoms with Crippen LogP contribution in [0.2, 0.25) is 0 Å². The van der Waals surface area contributed by atoms with Crippen molar-refractivity contribution in [2.45, 2.75) is 13.0 Å². The van der Waals surface area contributed by atoms with Gasteiger partial charge in [-0.3, -0.25) is 14.8 Å². The van der Waals surface area contributed by atoms with Gasteiger partial charge in [-0.05, 0) is 24.6 Å². The molecule has 1 aromatic heterocycles. The first kappa shape index (κ1) is 20.4. The van der Waals surface area contributed by atoms with Gasteiger partial charge in [0, 0.05) is 41.8 Å². The Morgan fingerprint density at radius 2 is 1.90 bits per heavy atom. The smallest absolute Gasteiger partial charge is 0.273 e. The Hall–Kier alpha value is -2.48. The molecule has 0 aliphatic carbocycles. The zero-order valence-corrected chi connectivity index (χ0v) is 19.1. The Balaban J connectivity index is 1.53. The second kappa shape index (κ2) is 8.57. The van der Waals surface area contributed by atoms with E-state index in [2.05, 4.69) is 74.3 Å². The Kier molecular flexibility index (Phi) is 5.65. The van der Waals surface area contributed by atoms with Gasteiger partial charge in [0.05, 0.1) is 24.9 Å². The third kappa shape index (κ3) is 3.93. The van der Waals surface area contributed by atoms with Gasteiger partial charge >= 0.3 is 0 Å². The average molecular weight is 481 g/mol. The number of hydrogen-bond donors (Lipinski definition) is 1. The molecule has 0 saturated carbocycles. The molecule has 1 saturated heterocycles. The Labute approximate surface area is 190 Å². The standard InChI is InChI=1S/C24H25BrN4O2/c1-16-5-7-17(8-6-16)21-20-22(27-26-21)24(30)29(10-9-28-11-13-31-14-12-28)23(20)18-3-2-4-19(25)15-18/h2-8,15,23H,9-14H2,1H3,(H,26,27). The number of morpholine rings is 1. The highest BCUT2D eigenvalue weighted by atomic mass is 79.9. The number of carbonyl (C=O) groups is 1. The first-order chi connectivity index (χ1) is 15.1. The number of carbonyl (C=O) groups excluding carboxylic acids is 1. The predicted octanol–water partition coefficient (Wildman–Crippen LogP) is 4.03.